The zero-order valence-electron chi connectivity index (χ0n) is 10.2. The van der Waals surface area contributed by atoms with E-state index in [-0.39, 0.29) is 12.2 Å². The normalized spacial score (nSPS) is 9.80. The number of aromatic nitrogens is 1. The van der Waals surface area contributed by atoms with Gasteiger partial charge in [-0.05, 0) is 24.3 Å². The van der Waals surface area contributed by atoms with Gasteiger partial charge in [0.05, 0.1) is 21.8 Å². The fraction of sp³-hybridized carbons (Fsp3) is 0.0714. The minimum atomic E-state index is -1.02. The Kier molecular flexibility index (Phi) is 4.18. The van der Waals surface area contributed by atoms with Gasteiger partial charge in [-0.25, -0.2) is 4.79 Å². The lowest BCUT2D eigenvalue weighted by Gasteiger charge is -2.06. The zero-order valence-corrected chi connectivity index (χ0v) is 11.0. The average Bonchev–Trinajstić information content (AvgIpc) is 2.45. The Balaban J connectivity index is 2.03. The van der Waals surface area contributed by atoms with Gasteiger partial charge in [0, 0.05) is 12.3 Å². The largest absolute Gasteiger partial charge is 0.487 e. The third kappa shape index (κ3) is 3.25. The Morgan fingerprint density at radius 1 is 1.40 bits per heavy atom. The molecule has 0 aliphatic rings. The Morgan fingerprint density at radius 2 is 2.20 bits per heavy atom. The van der Waals surface area contributed by atoms with E-state index in [1.165, 1.54) is 12.3 Å². The van der Waals surface area contributed by atoms with Gasteiger partial charge in [0.25, 0.3) is 0 Å². The van der Waals surface area contributed by atoms with Crippen molar-refractivity contribution >= 4 is 17.6 Å². The van der Waals surface area contributed by atoms with Crippen LogP contribution in [0, 0.1) is 11.3 Å². The molecule has 2 aromatic rings. The Morgan fingerprint density at radius 3 is 2.75 bits per heavy atom. The number of benzene rings is 1. The summed E-state index contributed by atoms with van der Waals surface area (Å²) in [6.07, 6.45) is 1.27. The van der Waals surface area contributed by atoms with Crippen LogP contribution < -0.4 is 4.74 Å². The van der Waals surface area contributed by atoms with Gasteiger partial charge in [0.2, 0.25) is 0 Å². The second-order valence-electron chi connectivity index (χ2n) is 3.89. The molecule has 0 saturated heterocycles. The zero-order chi connectivity index (χ0) is 14.5. The van der Waals surface area contributed by atoms with E-state index in [0.29, 0.717) is 22.0 Å². The van der Waals surface area contributed by atoms with Gasteiger partial charge >= 0.3 is 5.97 Å². The molecule has 0 unspecified atom stereocenters. The fourth-order valence-corrected chi connectivity index (χ4v) is 1.68. The Labute approximate surface area is 120 Å². The highest BCUT2D eigenvalue weighted by molar-refractivity contribution is 6.31. The number of nitriles is 1. The molecule has 0 aliphatic carbocycles. The molecular formula is C14H9ClN2O3. The third-order valence-corrected chi connectivity index (χ3v) is 2.83. The molecule has 0 radical (unpaired) electrons. The fourth-order valence-electron chi connectivity index (χ4n) is 1.47. The molecule has 0 bridgehead atoms. The van der Waals surface area contributed by atoms with Crippen molar-refractivity contribution in [1.29, 1.82) is 5.26 Å². The van der Waals surface area contributed by atoms with Crippen molar-refractivity contribution < 1.29 is 14.6 Å². The summed E-state index contributed by atoms with van der Waals surface area (Å²) < 4.78 is 5.47. The van der Waals surface area contributed by atoms with Gasteiger partial charge in [0.1, 0.15) is 18.4 Å². The van der Waals surface area contributed by atoms with Crippen LogP contribution in [-0.4, -0.2) is 16.1 Å². The van der Waals surface area contributed by atoms with E-state index in [1.54, 1.807) is 24.3 Å². The molecule has 5 nitrogen and oxygen atoms in total. The molecule has 0 saturated carbocycles. The lowest BCUT2D eigenvalue weighted by molar-refractivity contribution is 0.0696. The van der Waals surface area contributed by atoms with Crippen LogP contribution in [0.1, 0.15) is 21.6 Å². The molecule has 2 rings (SSSR count). The van der Waals surface area contributed by atoms with E-state index < -0.39 is 5.97 Å². The maximum absolute atomic E-state index is 10.7. The van der Waals surface area contributed by atoms with Crippen LogP contribution in [0.25, 0.3) is 0 Å². The summed E-state index contributed by atoms with van der Waals surface area (Å²) in [7, 11) is 0. The van der Waals surface area contributed by atoms with Gasteiger partial charge in [-0.1, -0.05) is 11.6 Å². The van der Waals surface area contributed by atoms with Crippen LogP contribution in [0.2, 0.25) is 5.02 Å². The van der Waals surface area contributed by atoms with E-state index >= 15 is 0 Å². The number of nitrogens with zero attached hydrogens (tertiary/aromatic N) is 2. The predicted molar refractivity (Wildman–Crippen MR) is 71.7 cm³/mol. The highest BCUT2D eigenvalue weighted by Crippen LogP contribution is 2.22. The van der Waals surface area contributed by atoms with Crippen molar-refractivity contribution in [3.8, 4) is 11.8 Å². The second kappa shape index (κ2) is 6.04. The van der Waals surface area contributed by atoms with Gasteiger partial charge < -0.3 is 9.84 Å². The Bertz CT molecular complexity index is 678. The lowest BCUT2D eigenvalue weighted by atomic mass is 10.2. The van der Waals surface area contributed by atoms with Crippen molar-refractivity contribution in [3.05, 3.63) is 58.4 Å². The lowest BCUT2D eigenvalue weighted by Crippen LogP contribution is -2.01. The summed E-state index contributed by atoms with van der Waals surface area (Å²) >= 11 is 5.88. The summed E-state index contributed by atoms with van der Waals surface area (Å²) in [6.45, 7) is 0.183. The number of carbonyl (C=O) groups is 1. The first-order valence-corrected chi connectivity index (χ1v) is 5.98. The maximum Gasteiger partial charge on any atom is 0.337 e. The van der Waals surface area contributed by atoms with Crippen molar-refractivity contribution in [2.45, 2.75) is 6.61 Å². The molecule has 20 heavy (non-hydrogen) atoms. The summed E-state index contributed by atoms with van der Waals surface area (Å²) in [4.78, 5) is 14.7. The molecule has 0 spiro atoms. The minimum absolute atomic E-state index is 0.121. The number of ether oxygens (including phenoxy) is 1. The topological polar surface area (TPSA) is 83.2 Å². The minimum Gasteiger partial charge on any atom is -0.487 e. The van der Waals surface area contributed by atoms with Crippen LogP contribution in [0.4, 0.5) is 0 Å². The molecule has 1 heterocycles. The molecule has 0 amide bonds. The molecule has 1 aromatic carbocycles. The summed E-state index contributed by atoms with van der Waals surface area (Å²) in [6, 6.07) is 9.74. The second-order valence-corrected chi connectivity index (χ2v) is 4.29. The van der Waals surface area contributed by atoms with Gasteiger partial charge in [-0.3, -0.25) is 4.98 Å². The van der Waals surface area contributed by atoms with Gasteiger partial charge in [-0.2, -0.15) is 5.26 Å². The monoisotopic (exact) mass is 288 g/mol. The van der Waals surface area contributed by atoms with E-state index in [0.717, 1.165) is 0 Å². The van der Waals surface area contributed by atoms with E-state index in [1.807, 2.05) is 6.07 Å². The summed E-state index contributed by atoms with van der Waals surface area (Å²) in [5.74, 6) is -0.512. The van der Waals surface area contributed by atoms with Crippen molar-refractivity contribution in [3.63, 3.8) is 0 Å². The molecule has 1 N–H and O–H groups in total. The van der Waals surface area contributed by atoms with Crippen LogP contribution in [-0.2, 0) is 6.61 Å². The molecule has 0 atom stereocenters. The first-order chi connectivity index (χ1) is 9.60. The number of hydrogen-bond donors (Lipinski definition) is 1. The van der Waals surface area contributed by atoms with E-state index in [4.69, 9.17) is 26.7 Å². The number of hydrogen-bond acceptors (Lipinski definition) is 4. The number of rotatable bonds is 4. The van der Waals surface area contributed by atoms with E-state index in [9.17, 15) is 4.79 Å². The summed E-state index contributed by atoms with van der Waals surface area (Å²) in [5, 5.41) is 17.8. The number of halogens is 1. The van der Waals surface area contributed by atoms with E-state index in [2.05, 4.69) is 4.98 Å². The number of aromatic carboxylic acids is 1. The van der Waals surface area contributed by atoms with Crippen LogP contribution in [0.5, 0.6) is 5.75 Å². The first kappa shape index (κ1) is 13.8. The standard InChI is InChI=1S/C14H9ClN2O3/c15-13-5-12(4-2-9(13)6-16)20-8-11-3-1-10(7-17-11)14(18)19/h1-5,7H,8H2,(H,18,19). The predicted octanol–water partition coefficient (Wildman–Crippen LogP) is 2.88. The van der Waals surface area contributed by atoms with Crippen molar-refractivity contribution in [1.82, 2.24) is 4.98 Å². The third-order valence-electron chi connectivity index (χ3n) is 2.52. The maximum atomic E-state index is 10.7. The SMILES string of the molecule is N#Cc1ccc(OCc2ccc(C(=O)O)cn2)cc1Cl. The molecule has 0 fully saturated rings. The molecule has 100 valence electrons. The van der Waals surface area contributed by atoms with Gasteiger partial charge in [0.15, 0.2) is 0 Å². The summed E-state index contributed by atoms with van der Waals surface area (Å²) in [5.41, 5.74) is 1.09. The highest BCUT2D eigenvalue weighted by atomic mass is 35.5. The number of carboxylic acids is 1. The molecular weight excluding hydrogens is 280 g/mol. The average molecular weight is 289 g/mol. The highest BCUT2D eigenvalue weighted by Gasteiger charge is 2.05. The Hall–Kier alpha value is -2.58. The first-order valence-electron chi connectivity index (χ1n) is 5.61. The van der Waals surface area contributed by atoms with Crippen LogP contribution in [0.15, 0.2) is 36.5 Å². The number of pyridine rings is 1. The number of carboxylic acid groups (broad SMARTS) is 1. The van der Waals surface area contributed by atoms with Crippen LogP contribution in [0.3, 0.4) is 0 Å². The van der Waals surface area contributed by atoms with Crippen LogP contribution >= 0.6 is 11.6 Å². The van der Waals surface area contributed by atoms with Crippen molar-refractivity contribution in [2.75, 3.05) is 0 Å². The molecule has 6 heteroatoms. The van der Waals surface area contributed by atoms with Crippen molar-refractivity contribution in [2.24, 2.45) is 0 Å². The molecule has 1 aromatic heterocycles. The smallest absolute Gasteiger partial charge is 0.337 e. The molecule has 0 aliphatic heterocycles. The quantitative estimate of drug-likeness (QED) is 0.935. The van der Waals surface area contributed by atoms with Gasteiger partial charge in [-0.15, -0.1) is 0 Å².